The molecule has 0 heterocycles. The molecule has 0 bridgehead atoms. The lowest BCUT2D eigenvalue weighted by molar-refractivity contribution is -0.137. The number of rotatable bonds is 5. The molecule has 7 heteroatoms. The molecule has 2 nitrogen and oxygen atoms in total. The first kappa shape index (κ1) is 18.7. The Morgan fingerprint density at radius 1 is 1.21 bits per heavy atom. The molecule has 128 valence electrons. The largest absolute Gasteiger partial charge is 0.418 e. The lowest BCUT2D eigenvalue weighted by Crippen LogP contribution is -2.24. The predicted molar refractivity (Wildman–Crippen MR) is 92.3 cm³/mol. The van der Waals surface area contributed by atoms with Crippen molar-refractivity contribution in [3.63, 3.8) is 0 Å². The SMILES string of the molecule is C[C@H](SCc1ccccc1)C(=O)Nc1ccc(Cl)cc1C(F)(F)F. The van der Waals surface area contributed by atoms with E-state index in [1.807, 2.05) is 30.3 Å². The van der Waals surface area contributed by atoms with E-state index in [0.717, 1.165) is 17.7 Å². The Bertz CT molecular complexity index is 707. The summed E-state index contributed by atoms with van der Waals surface area (Å²) in [5.74, 6) is 0.117. The van der Waals surface area contributed by atoms with Crippen LogP contribution in [0.4, 0.5) is 18.9 Å². The number of carbonyl (C=O) groups excluding carboxylic acids is 1. The van der Waals surface area contributed by atoms with Crippen molar-refractivity contribution in [2.45, 2.75) is 24.1 Å². The number of amides is 1. The van der Waals surface area contributed by atoms with Crippen LogP contribution in [0.1, 0.15) is 18.1 Å². The molecule has 2 rings (SSSR count). The van der Waals surface area contributed by atoms with Crippen LogP contribution in [0.2, 0.25) is 5.02 Å². The Morgan fingerprint density at radius 2 is 1.88 bits per heavy atom. The van der Waals surface area contributed by atoms with Gasteiger partial charge in [0.1, 0.15) is 0 Å². The number of hydrogen-bond acceptors (Lipinski definition) is 2. The molecular weight excluding hydrogens is 359 g/mol. The number of nitrogens with one attached hydrogen (secondary N) is 1. The van der Waals surface area contributed by atoms with Crippen LogP contribution >= 0.6 is 23.4 Å². The van der Waals surface area contributed by atoms with Gasteiger partial charge in [-0.25, -0.2) is 0 Å². The van der Waals surface area contributed by atoms with Gasteiger partial charge in [0.05, 0.1) is 16.5 Å². The van der Waals surface area contributed by atoms with Gasteiger partial charge in [-0.15, -0.1) is 11.8 Å². The summed E-state index contributed by atoms with van der Waals surface area (Å²) in [4.78, 5) is 12.2. The number of carbonyl (C=O) groups is 1. The van der Waals surface area contributed by atoms with Gasteiger partial charge in [-0.3, -0.25) is 4.79 Å². The third-order valence-electron chi connectivity index (χ3n) is 3.26. The minimum absolute atomic E-state index is 0.0353. The molecule has 0 saturated heterocycles. The highest BCUT2D eigenvalue weighted by Crippen LogP contribution is 2.36. The van der Waals surface area contributed by atoms with Crippen molar-refractivity contribution in [3.05, 3.63) is 64.7 Å². The summed E-state index contributed by atoms with van der Waals surface area (Å²) < 4.78 is 39.1. The number of anilines is 1. The summed E-state index contributed by atoms with van der Waals surface area (Å²) in [6.07, 6.45) is -4.59. The van der Waals surface area contributed by atoms with Crippen molar-refractivity contribution in [2.75, 3.05) is 5.32 Å². The summed E-state index contributed by atoms with van der Waals surface area (Å²) in [5.41, 5.74) is -0.197. The van der Waals surface area contributed by atoms with Crippen LogP contribution in [-0.2, 0) is 16.7 Å². The van der Waals surface area contributed by atoms with Gasteiger partial charge in [0.25, 0.3) is 0 Å². The smallest absolute Gasteiger partial charge is 0.325 e. The summed E-state index contributed by atoms with van der Waals surface area (Å²) in [6, 6.07) is 12.8. The zero-order valence-electron chi connectivity index (χ0n) is 12.7. The van der Waals surface area contributed by atoms with E-state index in [1.54, 1.807) is 6.92 Å². The molecule has 0 spiro atoms. The van der Waals surface area contributed by atoms with Crippen molar-refractivity contribution in [1.29, 1.82) is 0 Å². The molecule has 2 aromatic rings. The average molecular weight is 374 g/mol. The molecule has 1 amide bonds. The fourth-order valence-electron chi connectivity index (χ4n) is 1.97. The Morgan fingerprint density at radius 3 is 2.50 bits per heavy atom. The first-order valence-electron chi connectivity index (χ1n) is 7.10. The molecule has 0 aliphatic carbocycles. The summed E-state index contributed by atoms with van der Waals surface area (Å²) in [7, 11) is 0. The average Bonchev–Trinajstić information content (AvgIpc) is 2.54. The first-order valence-corrected chi connectivity index (χ1v) is 8.53. The van der Waals surface area contributed by atoms with E-state index in [2.05, 4.69) is 5.32 Å². The number of benzene rings is 2. The van der Waals surface area contributed by atoms with E-state index < -0.39 is 22.9 Å². The van der Waals surface area contributed by atoms with E-state index in [9.17, 15) is 18.0 Å². The maximum Gasteiger partial charge on any atom is 0.418 e. The Hall–Kier alpha value is -1.66. The zero-order valence-corrected chi connectivity index (χ0v) is 14.3. The highest BCUT2D eigenvalue weighted by Gasteiger charge is 2.34. The molecule has 1 N–H and O–H groups in total. The minimum Gasteiger partial charge on any atom is -0.325 e. The van der Waals surface area contributed by atoms with E-state index in [4.69, 9.17) is 11.6 Å². The van der Waals surface area contributed by atoms with Gasteiger partial charge in [-0.05, 0) is 30.7 Å². The molecule has 0 aliphatic heterocycles. The van der Waals surface area contributed by atoms with Gasteiger partial charge in [-0.2, -0.15) is 13.2 Å². The number of halogens is 4. The predicted octanol–water partition coefficient (Wildman–Crippen LogP) is 5.62. The second-order valence-corrected chi connectivity index (χ2v) is 6.88. The molecule has 0 aromatic heterocycles. The summed E-state index contributed by atoms with van der Waals surface area (Å²) in [6.45, 7) is 1.66. The van der Waals surface area contributed by atoms with E-state index in [0.29, 0.717) is 5.75 Å². The molecule has 1 atom stereocenters. The Kier molecular flexibility index (Phi) is 6.18. The normalized spacial score (nSPS) is 12.7. The highest BCUT2D eigenvalue weighted by molar-refractivity contribution is 7.99. The molecule has 0 unspecified atom stereocenters. The lowest BCUT2D eigenvalue weighted by Gasteiger charge is -2.16. The standard InChI is InChI=1S/C17H15ClF3NOS/c1-11(24-10-12-5-3-2-4-6-12)16(23)22-15-8-7-13(18)9-14(15)17(19,20)21/h2-9,11H,10H2,1H3,(H,22,23)/t11-/m0/s1. The van der Waals surface area contributed by atoms with Gasteiger partial charge in [0.15, 0.2) is 0 Å². The summed E-state index contributed by atoms with van der Waals surface area (Å²) >= 11 is 6.98. The fourth-order valence-corrected chi connectivity index (χ4v) is 2.98. The van der Waals surface area contributed by atoms with Crippen LogP contribution in [0.3, 0.4) is 0 Å². The Labute approximate surface area is 147 Å². The highest BCUT2D eigenvalue weighted by atomic mass is 35.5. The molecular formula is C17H15ClF3NOS. The molecule has 0 saturated carbocycles. The van der Waals surface area contributed by atoms with Crippen LogP contribution in [-0.4, -0.2) is 11.2 Å². The quantitative estimate of drug-likeness (QED) is 0.737. The first-order chi connectivity index (χ1) is 11.3. The number of thioether (sulfide) groups is 1. The third-order valence-corrected chi connectivity index (χ3v) is 4.71. The van der Waals surface area contributed by atoms with Gasteiger partial charge in [0.2, 0.25) is 5.91 Å². The second kappa shape index (κ2) is 7.94. The van der Waals surface area contributed by atoms with E-state index >= 15 is 0 Å². The van der Waals surface area contributed by atoms with Crippen LogP contribution in [0.5, 0.6) is 0 Å². The summed E-state index contributed by atoms with van der Waals surface area (Å²) in [5, 5.41) is 1.81. The molecule has 24 heavy (non-hydrogen) atoms. The van der Waals surface area contributed by atoms with Crippen LogP contribution in [0.25, 0.3) is 0 Å². The van der Waals surface area contributed by atoms with Gasteiger partial charge in [0, 0.05) is 10.8 Å². The van der Waals surface area contributed by atoms with Crippen molar-refractivity contribution < 1.29 is 18.0 Å². The van der Waals surface area contributed by atoms with Crippen LogP contribution in [0, 0.1) is 0 Å². The van der Waals surface area contributed by atoms with E-state index in [-0.39, 0.29) is 10.7 Å². The number of hydrogen-bond donors (Lipinski definition) is 1. The van der Waals surface area contributed by atoms with Crippen molar-refractivity contribution in [2.24, 2.45) is 0 Å². The second-order valence-electron chi connectivity index (χ2n) is 5.12. The molecule has 0 aliphatic rings. The molecule has 2 aromatic carbocycles. The number of alkyl halides is 3. The molecule has 0 fully saturated rings. The van der Waals surface area contributed by atoms with Crippen molar-refractivity contribution in [1.82, 2.24) is 0 Å². The molecule has 0 radical (unpaired) electrons. The van der Waals surface area contributed by atoms with Crippen LogP contribution < -0.4 is 5.32 Å². The topological polar surface area (TPSA) is 29.1 Å². The minimum atomic E-state index is -4.59. The Balaban J connectivity index is 2.04. The van der Waals surface area contributed by atoms with Gasteiger partial charge < -0.3 is 5.32 Å². The van der Waals surface area contributed by atoms with Gasteiger partial charge >= 0.3 is 6.18 Å². The zero-order chi connectivity index (χ0) is 17.7. The van der Waals surface area contributed by atoms with Gasteiger partial charge in [-0.1, -0.05) is 41.9 Å². The lowest BCUT2D eigenvalue weighted by atomic mass is 10.1. The van der Waals surface area contributed by atoms with E-state index in [1.165, 1.54) is 17.8 Å². The maximum absolute atomic E-state index is 13.0. The maximum atomic E-state index is 13.0. The fraction of sp³-hybridized carbons (Fsp3) is 0.235. The van der Waals surface area contributed by atoms with Crippen LogP contribution in [0.15, 0.2) is 48.5 Å². The monoisotopic (exact) mass is 373 g/mol. The van der Waals surface area contributed by atoms with Crippen molar-refractivity contribution in [3.8, 4) is 0 Å². The van der Waals surface area contributed by atoms with Crippen molar-refractivity contribution >= 4 is 35.0 Å². The third kappa shape index (κ3) is 5.18.